The van der Waals surface area contributed by atoms with Crippen molar-refractivity contribution in [3.05, 3.63) is 41.1 Å². The third-order valence-corrected chi connectivity index (χ3v) is 4.87. The van der Waals surface area contributed by atoms with Crippen molar-refractivity contribution in [2.75, 3.05) is 19.0 Å². The maximum Gasteiger partial charge on any atom is 0.227 e. The molecule has 0 spiro atoms. The summed E-state index contributed by atoms with van der Waals surface area (Å²) in [5, 5.41) is 20.9. The highest BCUT2D eigenvalue weighted by Crippen LogP contribution is 2.27. The lowest BCUT2D eigenvalue weighted by atomic mass is 10.1. The largest absolute Gasteiger partial charge is 0.497 e. The van der Waals surface area contributed by atoms with E-state index in [4.69, 9.17) is 9.72 Å². The average Bonchev–Trinajstić information content (AvgIpc) is 3.15. The summed E-state index contributed by atoms with van der Waals surface area (Å²) < 4.78 is 7.32. The van der Waals surface area contributed by atoms with Gasteiger partial charge < -0.3 is 19.7 Å². The normalized spacial score (nSPS) is 13.4. The molecule has 3 N–H and O–H groups in total. The zero-order valence-electron chi connectivity index (χ0n) is 18.6. The molecule has 1 aromatic carbocycles. The molecule has 2 aromatic heterocycles. The number of aromatic amines is 1. The number of anilines is 1. The highest BCUT2D eigenvalue weighted by Gasteiger charge is 2.20. The number of ether oxygens (including phenoxy) is 1. The lowest BCUT2D eigenvalue weighted by Gasteiger charge is -2.17. The minimum Gasteiger partial charge on any atom is -0.497 e. The second kappa shape index (κ2) is 9.30. The monoisotopic (exact) mass is 412 g/mol. The van der Waals surface area contributed by atoms with Crippen LogP contribution in [0.4, 0.5) is 5.82 Å². The van der Waals surface area contributed by atoms with Crippen molar-refractivity contribution in [1.29, 1.82) is 0 Å². The van der Waals surface area contributed by atoms with E-state index in [-0.39, 0.29) is 18.5 Å². The molecule has 1 atom stereocenters. The Morgan fingerprint density at radius 1 is 1.17 bits per heavy atom. The van der Waals surface area contributed by atoms with Crippen molar-refractivity contribution in [1.82, 2.24) is 19.7 Å². The number of rotatable bonds is 8. The molecular weight excluding hydrogens is 380 g/mol. The highest BCUT2D eigenvalue weighted by molar-refractivity contribution is 5.87. The molecule has 0 radical (unpaired) electrons. The molecule has 0 aliphatic rings. The predicted molar refractivity (Wildman–Crippen MR) is 119 cm³/mol. The van der Waals surface area contributed by atoms with E-state index in [2.05, 4.69) is 52.8 Å². The lowest BCUT2D eigenvalue weighted by Crippen LogP contribution is -2.29. The van der Waals surface area contributed by atoms with Crippen LogP contribution in [0.3, 0.4) is 0 Å². The van der Waals surface area contributed by atoms with Crippen LogP contribution < -0.4 is 15.7 Å². The number of nitrogens with one attached hydrogen (secondary N) is 2. The van der Waals surface area contributed by atoms with Gasteiger partial charge in [0.2, 0.25) is 5.62 Å². The maximum atomic E-state index is 9.75. The van der Waals surface area contributed by atoms with Gasteiger partial charge in [0.15, 0.2) is 11.3 Å². The maximum absolute atomic E-state index is 9.75. The number of fused-ring (bicyclic) bond motifs is 1. The van der Waals surface area contributed by atoms with E-state index in [1.165, 1.54) is 0 Å². The lowest BCUT2D eigenvalue weighted by molar-refractivity contribution is 0.202. The highest BCUT2D eigenvalue weighted by atomic mass is 16.5. The summed E-state index contributed by atoms with van der Waals surface area (Å²) in [6, 6.07) is 8.05. The van der Waals surface area contributed by atoms with E-state index in [1.54, 1.807) is 14.0 Å². The first kappa shape index (κ1) is 21.8. The average molecular weight is 413 g/mol. The number of nitrogens with zero attached hydrogens (tertiary/aromatic N) is 4. The van der Waals surface area contributed by atoms with Gasteiger partial charge in [-0.3, -0.25) is 5.10 Å². The zero-order chi connectivity index (χ0) is 21.8. The van der Waals surface area contributed by atoms with Crippen LogP contribution in [-0.4, -0.2) is 44.6 Å². The topological polar surface area (TPSA) is 100 Å². The molecule has 0 saturated heterocycles. The van der Waals surface area contributed by atoms with Gasteiger partial charge in [-0.05, 0) is 44.4 Å². The summed E-state index contributed by atoms with van der Waals surface area (Å²) in [7, 11) is 1.66. The van der Waals surface area contributed by atoms with Crippen molar-refractivity contribution >= 4 is 16.9 Å². The number of aromatic nitrogens is 4. The summed E-state index contributed by atoms with van der Waals surface area (Å²) in [5.74, 6) is 1.76. The molecule has 3 aromatic rings. The molecular formula is C22H32N6O2. The SMILES string of the molecule is COc1ccc(CNc2nc(=NCC(C)O)n(C(C)C)c3c(C(C)C)[nH]nc23)cc1. The van der Waals surface area contributed by atoms with E-state index in [9.17, 15) is 5.11 Å². The Kier molecular flexibility index (Phi) is 6.77. The van der Waals surface area contributed by atoms with Crippen LogP contribution >= 0.6 is 0 Å². The van der Waals surface area contributed by atoms with Crippen LogP contribution in [-0.2, 0) is 6.54 Å². The van der Waals surface area contributed by atoms with Gasteiger partial charge in [0.1, 0.15) is 5.75 Å². The number of aliphatic hydroxyl groups excluding tert-OH is 1. The Labute approximate surface area is 177 Å². The first-order chi connectivity index (χ1) is 14.3. The van der Waals surface area contributed by atoms with E-state index >= 15 is 0 Å². The molecule has 0 aliphatic heterocycles. The summed E-state index contributed by atoms with van der Waals surface area (Å²) in [6.45, 7) is 11.1. The van der Waals surface area contributed by atoms with Gasteiger partial charge in [-0.15, -0.1) is 0 Å². The molecule has 8 nitrogen and oxygen atoms in total. The van der Waals surface area contributed by atoms with Crippen LogP contribution in [0.1, 0.15) is 57.8 Å². The first-order valence-corrected chi connectivity index (χ1v) is 10.4. The van der Waals surface area contributed by atoms with E-state index < -0.39 is 6.10 Å². The van der Waals surface area contributed by atoms with Crippen molar-refractivity contribution in [2.45, 2.75) is 59.2 Å². The minimum absolute atomic E-state index is 0.137. The fourth-order valence-corrected chi connectivity index (χ4v) is 3.33. The number of benzene rings is 1. The third-order valence-electron chi connectivity index (χ3n) is 4.87. The first-order valence-electron chi connectivity index (χ1n) is 10.4. The molecule has 0 aliphatic carbocycles. The van der Waals surface area contributed by atoms with Crippen LogP contribution in [0.15, 0.2) is 29.3 Å². The number of methoxy groups -OCH3 is 1. The van der Waals surface area contributed by atoms with Crippen LogP contribution in [0.25, 0.3) is 11.0 Å². The predicted octanol–water partition coefficient (Wildman–Crippen LogP) is 3.37. The zero-order valence-corrected chi connectivity index (χ0v) is 18.6. The molecule has 8 heteroatoms. The molecule has 30 heavy (non-hydrogen) atoms. The smallest absolute Gasteiger partial charge is 0.227 e. The Hall–Kier alpha value is -2.87. The molecule has 2 heterocycles. The van der Waals surface area contributed by atoms with Crippen molar-refractivity contribution in [2.24, 2.45) is 4.99 Å². The van der Waals surface area contributed by atoms with Gasteiger partial charge in [0.05, 0.1) is 31.0 Å². The van der Waals surface area contributed by atoms with Gasteiger partial charge in [-0.1, -0.05) is 26.0 Å². The number of hydrogen-bond acceptors (Lipinski definition) is 6. The Bertz CT molecular complexity index is 1050. The van der Waals surface area contributed by atoms with Gasteiger partial charge in [-0.2, -0.15) is 10.1 Å². The summed E-state index contributed by atoms with van der Waals surface area (Å²) in [6.07, 6.45) is -0.535. The van der Waals surface area contributed by atoms with Gasteiger partial charge in [0, 0.05) is 12.6 Å². The van der Waals surface area contributed by atoms with Gasteiger partial charge >= 0.3 is 0 Å². The summed E-state index contributed by atoms with van der Waals surface area (Å²) in [4.78, 5) is 9.38. The van der Waals surface area contributed by atoms with E-state index in [0.29, 0.717) is 18.0 Å². The molecule has 162 valence electrons. The molecule has 0 amide bonds. The second-order valence-electron chi connectivity index (χ2n) is 8.10. The Morgan fingerprint density at radius 2 is 1.87 bits per heavy atom. The quantitative estimate of drug-likeness (QED) is 0.527. The molecule has 1 unspecified atom stereocenters. The third kappa shape index (κ3) is 4.64. The van der Waals surface area contributed by atoms with E-state index in [1.807, 2.05) is 24.3 Å². The number of aliphatic hydroxyl groups is 1. The van der Waals surface area contributed by atoms with Crippen LogP contribution in [0.5, 0.6) is 5.75 Å². The van der Waals surface area contributed by atoms with Crippen LogP contribution in [0.2, 0.25) is 0 Å². The Morgan fingerprint density at radius 3 is 2.43 bits per heavy atom. The second-order valence-corrected chi connectivity index (χ2v) is 8.10. The summed E-state index contributed by atoms with van der Waals surface area (Å²) >= 11 is 0. The minimum atomic E-state index is -0.535. The Balaban J connectivity index is 2.10. The fraction of sp³-hybridized carbons (Fsp3) is 0.500. The molecule has 3 rings (SSSR count). The molecule has 0 fully saturated rings. The fourth-order valence-electron chi connectivity index (χ4n) is 3.33. The number of H-pyrrole nitrogens is 1. The molecule has 0 bridgehead atoms. The number of hydrogen-bond donors (Lipinski definition) is 3. The molecule has 0 saturated carbocycles. The van der Waals surface area contributed by atoms with Gasteiger partial charge in [-0.25, -0.2) is 4.99 Å². The van der Waals surface area contributed by atoms with Crippen molar-refractivity contribution in [3.8, 4) is 5.75 Å². The van der Waals surface area contributed by atoms with Gasteiger partial charge in [0.25, 0.3) is 0 Å². The van der Waals surface area contributed by atoms with Crippen molar-refractivity contribution < 1.29 is 9.84 Å². The van der Waals surface area contributed by atoms with E-state index in [0.717, 1.165) is 28.0 Å². The van der Waals surface area contributed by atoms with Crippen molar-refractivity contribution in [3.63, 3.8) is 0 Å². The standard InChI is InChI=1S/C22H32N6O2/c1-13(2)18-20-19(27-26-18)21(23-12-16-7-9-17(30-6)10-8-16)25-22(24-11-15(5)29)28(20)14(3)4/h7-10,13-15,29H,11-12H2,1-6H3,(H,26,27)(H,23,24,25). The van der Waals surface area contributed by atoms with Crippen LogP contribution in [0, 0.1) is 0 Å². The summed E-state index contributed by atoms with van der Waals surface area (Å²) in [5.41, 5.74) is 4.52.